The highest BCUT2D eigenvalue weighted by Gasteiger charge is 2.16. The van der Waals surface area contributed by atoms with Gasteiger partial charge in [0.15, 0.2) is 11.0 Å². The molecule has 130 valence electrons. The number of rotatable bonds is 6. The molecule has 0 amide bonds. The van der Waals surface area contributed by atoms with Crippen molar-refractivity contribution in [3.63, 3.8) is 0 Å². The molecular weight excluding hydrogens is 348 g/mol. The molecule has 4 rings (SSSR count). The lowest BCUT2D eigenvalue weighted by atomic mass is 10.2. The summed E-state index contributed by atoms with van der Waals surface area (Å²) in [5.41, 5.74) is 2.10. The van der Waals surface area contributed by atoms with Crippen LogP contribution in [0.5, 0.6) is 0 Å². The summed E-state index contributed by atoms with van der Waals surface area (Å²) in [4.78, 5) is 4.19. The largest absolute Gasteiger partial charge is 0.425 e. The number of hydrogen-bond acceptors (Lipinski definition) is 7. The van der Waals surface area contributed by atoms with Crippen LogP contribution in [0, 0.1) is 6.92 Å². The van der Waals surface area contributed by atoms with Crippen molar-refractivity contribution in [2.24, 2.45) is 0 Å². The predicted octanol–water partition coefficient (Wildman–Crippen LogP) is 3.37. The highest BCUT2D eigenvalue weighted by Crippen LogP contribution is 2.26. The van der Waals surface area contributed by atoms with E-state index >= 15 is 0 Å². The van der Waals surface area contributed by atoms with Gasteiger partial charge in [0, 0.05) is 24.9 Å². The van der Waals surface area contributed by atoms with E-state index in [-0.39, 0.29) is 0 Å². The van der Waals surface area contributed by atoms with E-state index in [9.17, 15) is 0 Å². The minimum atomic E-state index is 0.542. The first-order chi connectivity index (χ1) is 12.8. The number of pyridine rings is 1. The Kier molecular flexibility index (Phi) is 4.74. The molecule has 26 heavy (non-hydrogen) atoms. The second-order valence-electron chi connectivity index (χ2n) is 5.62. The van der Waals surface area contributed by atoms with Gasteiger partial charge < -0.3 is 4.42 Å². The normalized spacial score (nSPS) is 11.0. The molecule has 4 aromatic rings. The SMILES string of the molecule is Cc1nnc(CSc2nnc(-c3cccnc3)n2Cc2ccccc2)o1. The summed E-state index contributed by atoms with van der Waals surface area (Å²) < 4.78 is 7.53. The standard InChI is InChI=1S/C18H16N6OS/c1-13-20-21-16(25-13)12-26-18-23-22-17(15-8-5-9-19-10-15)24(18)11-14-6-3-2-4-7-14/h2-10H,11-12H2,1H3. The summed E-state index contributed by atoms with van der Waals surface area (Å²) in [6.45, 7) is 2.45. The van der Waals surface area contributed by atoms with Crippen molar-refractivity contribution in [1.29, 1.82) is 0 Å². The Morgan fingerprint density at radius 3 is 2.62 bits per heavy atom. The zero-order valence-corrected chi connectivity index (χ0v) is 14.9. The lowest BCUT2D eigenvalue weighted by Crippen LogP contribution is -2.04. The number of aryl methyl sites for hydroxylation is 1. The smallest absolute Gasteiger partial charge is 0.226 e. The van der Waals surface area contributed by atoms with E-state index in [1.807, 2.05) is 30.3 Å². The van der Waals surface area contributed by atoms with Gasteiger partial charge in [0.1, 0.15) is 0 Å². The molecule has 0 aliphatic rings. The third-order valence-electron chi connectivity index (χ3n) is 3.71. The first kappa shape index (κ1) is 16.5. The molecule has 0 unspecified atom stereocenters. The Bertz CT molecular complexity index is 983. The minimum Gasteiger partial charge on any atom is -0.425 e. The van der Waals surface area contributed by atoms with E-state index in [2.05, 4.69) is 42.1 Å². The van der Waals surface area contributed by atoms with Gasteiger partial charge in [0.25, 0.3) is 0 Å². The van der Waals surface area contributed by atoms with Crippen LogP contribution in [0.4, 0.5) is 0 Å². The predicted molar refractivity (Wildman–Crippen MR) is 97.4 cm³/mol. The van der Waals surface area contributed by atoms with E-state index in [4.69, 9.17) is 4.42 Å². The van der Waals surface area contributed by atoms with E-state index in [0.29, 0.717) is 24.1 Å². The van der Waals surface area contributed by atoms with Crippen molar-refractivity contribution in [3.8, 4) is 11.4 Å². The summed E-state index contributed by atoms with van der Waals surface area (Å²) in [5.74, 6) is 2.46. The average molecular weight is 364 g/mol. The van der Waals surface area contributed by atoms with Crippen molar-refractivity contribution >= 4 is 11.8 Å². The van der Waals surface area contributed by atoms with Gasteiger partial charge in [-0.25, -0.2) is 0 Å². The topological polar surface area (TPSA) is 82.5 Å². The molecule has 7 nitrogen and oxygen atoms in total. The second-order valence-corrected chi connectivity index (χ2v) is 6.57. The maximum Gasteiger partial charge on any atom is 0.226 e. The van der Waals surface area contributed by atoms with Crippen LogP contribution in [0.15, 0.2) is 64.4 Å². The number of thioether (sulfide) groups is 1. The summed E-state index contributed by atoms with van der Waals surface area (Å²) in [6.07, 6.45) is 3.54. The van der Waals surface area contributed by atoms with Crippen LogP contribution in [-0.4, -0.2) is 29.9 Å². The van der Waals surface area contributed by atoms with Crippen LogP contribution in [0.25, 0.3) is 11.4 Å². The van der Waals surface area contributed by atoms with Crippen LogP contribution >= 0.6 is 11.8 Å². The molecule has 0 spiro atoms. The maximum atomic E-state index is 5.44. The molecule has 0 fully saturated rings. The van der Waals surface area contributed by atoms with Gasteiger partial charge in [0.05, 0.1) is 12.3 Å². The van der Waals surface area contributed by atoms with Crippen LogP contribution in [-0.2, 0) is 12.3 Å². The van der Waals surface area contributed by atoms with E-state index < -0.39 is 0 Å². The molecular formula is C18H16N6OS. The fourth-order valence-electron chi connectivity index (χ4n) is 2.53. The first-order valence-electron chi connectivity index (χ1n) is 8.09. The molecule has 0 saturated heterocycles. The van der Waals surface area contributed by atoms with Crippen LogP contribution in [0.3, 0.4) is 0 Å². The van der Waals surface area contributed by atoms with Gasteiger partial charge >= 0.3 is 0 Å². The monoisotopic (exact) mass is 364 g/mol. The summed E-state index contributed by atoms with van der Waals surface area (Å²) in [6, 6.07) is 14.1. The summed E-state index contributed by atoms with van der Waals surface area (Å²) in [7, 11) is 0. The average Bonchev–Trinajstić information content (AvgIpc) is 3.28. The highest BCUT2D eigenvalue weighted by molar-refractivity contribution is 7.98. The number of hydrogen-bond donors (Lipinski definition) is 0. The van der Waals surface area contributed by atoms with Crippen molar-refractivity contribution in [2.45, 2.75) is 24.4 Å². The Morgan fingerprint density at radius 1 is 1.00 bits per heavy atom. The van der Waals surface area contributed by atoms with Crippen LogP contribution < -0.4 is 0 Å². The molecule has 0 atom stereocenters. The lowest BCUT2D eigenvalue weighted by Gasteiger charge is -2.10. The number of nitrogens with zero attached hydrogens (tertiary/aromatic N) is 6. The number of benzene rings is 1. The lowest BCUT2D eigenvalue weighted by molar-refractivity contribution is 0.485. The van der Waals surface area contributed by atoms with E-state index in [1.54, 1.807) is 19.3 Å². The molecule has 3 heterocycles. The fraction of sp³-hybridized carbons (Fsp3) is 0.167. The summed E-state index contributed by atoms with van der Waals surface area (Å²) in [5, 5.41) is 17.4. The quantitative estimate of drug-likeness (QED) is 0.485. The van der Waals surface area contributed by atoms with Crippen molar-refractivity contribution in [1.82, 2.24) is 29.9 Å². The molecule has 0 bridgehead atoms. The Labute approximate surface area is 154 Å². The first-order valence-corrected chi connectivity index (χ1v) is 9.07. The highest BCUT2D eigenvalue weighted by atomic mass is 32.2. The fourth-order valence-corrected chi connectivity index (χ4v) is 3.31. The van der Waals surface area contributed by atoms with Gasteiger partial charge in [-0.1, -0.05) is 42.1 Å². The van der Waals surface area contributed by atoms with Crippen molar-refractivity contribution in [3.05, 3.63) is 72.2 Å². The molecule has 3 aromatic heterocycles. The molecule has 8 heteroatoms. The van der Waals surface area contributed by atoms with Gasteiger partial charge in [-0.05, 0) is 17.7 Å². The van der Waals surface area contributed by atoms with Gasteiger partial charge in [-0.2, -0.15) is 0 Å². The van der Waals surface area contributed by atoms with E-state index in [0.717, 1.165) is 16.5 Å². The van der Waals surface area contributed by atoms with Crippen LogP contribution in [0.2, 0.25) is 0 Å². The summed E-state index contributed by atoms with van der Waals surface area (Å²) >= 11 is 1.52. The number of aromatic nitrogens is 6. The maximum absolute atomic E-state index is 5.44. The Hall–Kier alpha value is -3.00. The minimum absolute atomic E-state index is 0.542. The zero-order chi connectivity index (χ0) is 17.8. The third kappa shape index (κ3) is 3.65. The molecule has 0 saturated carbocycles. The molecule has 1 aromatic carbocycles. The van der Waals surface area contributed by atoms with Gasteiger partial charge in [-0.3, -0.25) is 9.55 Å². The van der Waals surface area contributed by atoms with Gasteiger partial charge in [-0.15, -0.1) is 20.4 Å². The molecule has 0 radical (unpaired) electrons. The second kappa shape index (κ2) is 7.49. The zero-order valence-electron chi connectivity index (χ0n) is 14.1. The van der Waals surface area contributed by atoms with Gasteiger partial charge in [0.2, 0.25) is 11.8 Å². The van der Waals surface area contributed by atoms with E-state index in [1.165, 1.54) is 17.3 Å². The van der Waals surface area contributed by atoms with Crippen molar-refractivity contribution in [2.75, 3.05) is 0 Å². The van der Waals surface area contributed by atoms with Crippen LogP contribution in [0.1, 0.15) is 17.3 Å². The third-order valence-corrected chi connectivity index (χ3v) is 4.66. The molecule has 0 aliphatic carbocycles. The Balaban J connectivity index is 1.65. The van der Waals surface area contributed by atoms with Crippen molar-refractivity contribution < 1.29 is 4.42 Å². The Morgan fingerprint density at radius 2 is 1.88 bits per heavy atom. The molecule has 0 N–H and O–H groups in total. The molecule has 0 aliphatic heterocycles.